The first-order valence-electron chi connectivity index (χ1n) is 4.87. The largest absolute Gasteiger partial charge is 0.481 e. The molecule has 0 unspecified atom stereocenters. The van der Waals surface area contributed by atoms with Gasteiger partial charge in [-0.2, -0.15) is 9.97 Å². The molecule has 0 spiro atoms. The highest BCUT2D eigenvalue weighted by atomic mass is 16.6. The number of rotatable bonds is 5. The van der Waals surface area contributed by atoms with Crippen molar-refractivity contribution in [3.8, 4) is 17.8 Å². The third-order valence-electron chi connectivity index (χ3n) is 1.74. The number of esters is 1. The van der Waals surface area contributed by atoms with E-state index in [0.29, 0.717) is 12.8 Å². The quantitative estimate of drug-likeness (QED) is 0.702. The number of nitrogens with zero attached hydrogens (tertiary/aromatic N) is 2. The van der Waals surface area contributed by atoms with Crippen LogP contribution in [-0.4, -0.2) is 30.2 Å². The molecule has 0 aliphatic rings. The number of carbonyl (C=O) groups excluding carboxylic acids is 1. The lowest BCUT2D eigenvalue weighted by atomic mass is 10.3. The van der Waals surface area contributed by atoms with Crippen LogP contribution in [0.2, 0.25) is 0 Å². The minimum Gasteiger partial charge on any atom is -0.481 e. The van der Waals surface area contributed by atoms with E-state index >= 15 is 0 Å². The number of carbonyl (C=O) groups is 1. The average molecular weight is 226 g/mol. The Labute approximate surface area is 93.6 Å². The van der Waals surface area contributed by atoms with Crippen LogP contribution < -0.4 is 14.2 Å². The van der Waals surface area contributed by atoms with Crippen molar-refractivity contribution in [2.75, 3.05) is 14.2 Å². The van der Waals surface area contributed by atoms with E-state index < -0.39 is 0 Å². The van der Waals surface area contributed by atoms with Crippen LogP contribution in [0.25, 0.3) is 0 Å². The standard InChI is InChI=1S/C10H14N2O4/c1-4-5-9(13)16-10-11-7(14-2)6-8(12-10)15-3/h6H,4-5H2,1-3H3. The molecule has 0 bridgehead atoms. The SMILES string of the molecule is CCCC(=O)Oc1nc(OC)cc(OC)n1. The van der Waals surface area contributed by atoms with Gasteiger partial charge in [-0.15, -0.1) is 0 Å². The molecule has 0 aromatic carbocycles. The Hall–Kier alpha value is -1.85. The van der Waals surface area contributed by atoms with Crippen molar-refractivity contribution >= 4 is 5.97 Å². The summed E-state index contributed by atoms with van der Waals surface area (Å²) in [4.78, 5) is 19.0. The molecule has 88 valence electrons. The molecule has 0 atom stereocenters. The summed E-state index contributed by atoms with van der Waals surface area (Å²) in [6, 6.07) is 1.44. The average Bonchev–Trinajstić information content (AvgIpc) is 2.28. The molecule has 1 heterocycles. The molecule has 0 saturated carbocycles. The van der Waals surface area contributed by atoms with E-state index in [0.717, 1.165) is 0 Å². The second-order valence-corrected chi connectivity index (χ2v) is 2.96. The first kappa shape index (κ1) is 12.2. The molecule has 16 heavy (non-hydrogen) atoms. The molecule has 0 saturated heterocycles. The summed E-state index contributed by atoms with van der Waals surface area (Å²) in [5.41, 5.74) is 0. The number of methoxy groups -OCH3 is 2. The van der Waals surface area contributed by atoms with Crippen LogP contribution in [0.5, 0.6) is 17.8 Å². The Morgan fingerprint density at radius 1 is 1.25 bits per heavy atom. The number of hydrogen-bond acceptors (Lipinski definition) is 6. The lowest BCUT2D eigenvalue weighted by Crippen LogP contribution is -2.10. The van der Waals surface area contributed by atoms with Gasteiger partial charge in [0.15, 0.2) is 0 Å². The molecule has 0 fully saturated rings. The van der Waals surface area contributed by atoms with Gasteiger partial charge in [-0.3, -0.25) is 4.79 Å². The second kappa shape index (κ2) is 5.89. The maximum atomic E-state index is 11.2. The Bertz CT molecular complexity index is 346. The van der Waals surface area contributed by atoms with Gasteiger partial charge in [0.1, 0.15) is 0 Å². The summed E-state index contributed by atoms with van der Waals surface area (Å²) in [5, 5.41) is 0. The minimum absolute atomic E-state index is 0.0605. The Balaban J connectivity index is 2.82. The van der Waals surface area contributed by atoms with Crippen LogP contribution in [0, 0.1) is 0 Å². The summed E-state index contributed by atoms with van der Waals surface area (Å²) in [7, 11) is 2.92. The number of ether oxygens (including phenoxy) is 3. The third kappa shape index (κ3) is 3.38. The zero-order chi connectivity index (χ0) is 12.0. The van der Waals surface area contributed by atoms with Gasteiger partial charge < -0.3 is 14.2 Å². The molecular formula is C10H14N2O4. The van der Waals surface area contributed by atoms with Gasteiger partial charge in [0.2, 0.25) is 11.8 Å². The van der Waals surface area contributed by atoms with Gasteiger partial charge in [0.05, 0.1) is 20.3 Å². The van der Waals surface area contributed by atoms with E-state index in [1.807, 2.05) is 6.92 Å². The summed E-state index contributed by atoms with van der Waals surface area (Å²) >= 11 is 0. The maximum absolute atomic E-state index is 11.2. The predicted octanol–water partition coefficient (Wildman–Crippen LogP) is 1.20. The first-order valence-corrected chi connectivity index (χ1v) is 4.87. The van der Waals surface area contributed by atoms with Crippen LogP contribution in [0.4, 0.5) is 0 Å². The van der Waals surface area contributed by atoms with Crippen molar-refractivity contribution < 1.29 is 19.0 Å². The van der Waals surface area contributed by atoms with E-state index in [1.165, 1.54) is 20.3 Å². The van der Waals surface area contributed by atoms with Crippen molar-refractivity contribution in [1.29, 1.82) is 0 Å². The summed E-state index contributed by atoms with van der Waals surface area (Å²) < 4.78 is 14.8. The topological polar surface area (TPSA) is 70.5 Å². The molecule has 1 rings (SSSR count). The number of aromatic nitrogens is 2. The lowest BCUT2D eigenvalue weighted by Gasteiger charge is -2.05. The Morgan fingerprint density at radius 3 is 2.25 bits per heavy atom. The van der Waals surface area contributed by atoms with Gasteiger partial charge >= 0.3 is 12.0 Å². The molecule has 0 radical (unpaired) electrons. The third-order valence-corrected chi connectivity index (χ3v) is 1.74. The molecule has 1 aromatic heterocycles. The van der Waals surface area contributed by atoms with Gasteiger partial charge in [0, 0.05) is 6.42 Å². The fraction of sp³-hybridized carbons (Fsp3) is 0.500. The second-order valence-electron chi connectivity index (χ2n) is 2.96. The molecule has 6 nitrogen and oxygen atoms in total. The highest BCUT2D eigenvalue weighted by molar-refractivity contribution is 5.71. The van der Waals surface area contributed by atoms with E-state index in [-0.39, 0.29) is 23.7 Å². The molecule has 0 amide bonds. The fourth-order valence-corrected chi connectivity index (χ4v) is 0.995. The molecule has 0 N–H and O–H groups in total. The maximum Gasteiger partial charge on any atom is 0.330 e. The molecular weight excluding hydrogens is 212 g/mol. The van der Waals surface area contributed by atoms with E-state index in [1.54, 1.807) is 0 Å². The van der Waals surface area contributed by atoms with Crippen LogP contribution in [0.1, 0.15) is 19.8 Å². The minimum atomic E-state index is -0.377. The fourth-order valence-electron chi connectivity index (χ4n) is 0.995. The van der Waals surface area contributed by atoms with Gasteiger partial charge in [-0.25, -0.2) is 0 Å². The van der Waals surface area contributed by atoms with Gasteiger partial charge in [-0.05, 0) is 6.42 Å². The lowest BCUT2D eigenvalue weighted by molar-refractivity contribution is -0.134. The molecule has 1 aromatic rings. The van der Waals surface area contributed by atoms with E-state index in [9.17, 15) is 4.79 Å². The van der Waals surface area contributed by atoms with Crippen LogP contribution in [0.3, 0.4) is 0 Å². The smallest absolute Gasteiger partial charge is 0.330 e. The summed E-state index contributed by atoms with van der Waals surface area (Å²) in [6.45, 7) is 1.88. The molecule has 6 heteroatoms. The summed E-state index contributed by atoms with van der Waals surface area (Å²) in [5.74, 6) is 0.190. The molecule has 0 aliphatic heterocycles. The number of hydrogen-bond donors (Lipinski definition) is 0. The zero-order valence-corrected chi connectivity index (χ0v) is 9.52. The predicted molar refractivity (Wildman–Crippen MR) is 55.7 cm³/mol. The van der Waals surface area contributed by atoms with Gasteiger partial charge in [-0.1, -0.05) is 6.92 Å². The van der Waals surface area contributed by atoms with E-state index in [2.05, 4.69) is 9.97 Å². The van der Waals surface area contributed by atoms with Crippen LogP contribution in [-0.2, 0) is 4.79 Å². The normalized spacial score (nSPS) is 9.69. The highest BCUT2D eigenvalue weighted by Crippen LogP contribution is 2.18. The van der Waals surface area contributed by atoms with Gasteiger partial charge in [0.25, 0.3) is 0 Å². The van der Waals surface area contributed by atoms with Crippen molar-refractivity contribution in [1.82, 2.24) is 9.97 Å². The van der Waals surface area contributed by atoms with Crippen molar-refractivity contribution in [3.63, 3.8) is 0 Å². The summed E-state index contributed by atoms with van der Waals surface area (Å²) in [6.07, 6.45) is 1.03. The van der Waals surface area contributed by atoms with Crippen LogP contribution in [0.15, 0.2) is 6.07 Å². The first-order chi connectivity index (χ1) is 7.69. The highest BCUT2D eigenvalue weighted by Gasteiger charge is 2.10. The monoisotopic (exact) mass is 226 g/mol. The van der Waals surface area contributed by atoms with Crippen LogP contribution >= 0.6 is 0 Å². The Morgan fingerprint density at radius 2 is 1.81 bits per heavy atom. The molecule has 0 aliphatic carbocycles. The van der Waals surface area contributed by atoms with Crippen molar-refractivity contribution in [2.24, 2.45) is 0 Å². The van der Waals surface area contributed by atoms with Crippen molar-refractivity contribution in [3.05, 3.63) is 6.07 Å². The Kier molecular flexibility index (Phi) is 4.50. The zero-order valence-electron chi connectivity index (χ0n) is 9.52. The van der Waals surface area contributed by atoms with Crippen molar-refractivity contribution in [2.45, 2.75) is 19.8 Å². The van der Waals surface area contributed by atoms with E-state index in [4.69, 9.17) is 14.2 Å².